The first-order chi connectivity index (χ1) is 13.9. The quantitative estimate of drug-likeness (QED) is 0.849. The molecule has 2 amide bonds. The van der Waals surface area contributed by atoms with Gasteiger partial charge in [0.25, 0.3) is 5.56 Å². The van der Waals surface area contributed by atoms with E-state index < -0.39 is 0 Å². The molecule has 1 aliphatic heterocycles. The lowest BCUT2D eigenvalue weighted by Crippen LogP contribution is -2.62. The number of hydrogen-bond acceptors (Lipinski definition) is 3. The highest BCUT2D eigenvalue weighted by Crippen LogP contribution is 2.55. The van der Waals surface area contributed by atoms with Crippen LogP contribution in [-0.4, -0.2) is 40.2 Å². The summed E-state index contributed by atoms with van der Waals surface area (Å²) in [5.41, 5.74) is 0.910. The Balaban J connectivity index is 1.16. The predicted molar refractivity (Wildman–Crippen MR) is 111 cm³/mol. The number of pyridine rings is 1. The third-order valence-electron chi connectivity index (χ3n) is 7.92. The van der Waals surface area contributed by atoms with Crippen molar-refractivity contribution in [2.75, 3.05) is 13.1 Å². The second kappa shape index (κ2) is 7.06. The highest BCUT2D eigenvalue weighted by atomic mass is 16.5. The second-order valence-electron chi connectivity index (χ2n) is 10.2. The normalized spacial score (nSPS) is 33.7. The minimum atomic E-state index is -0.0487. The standard InChI is InChI=1S/C23H33N3O3/c1-15-7-20(11-21(27)25(15)2)29-19-3-5-26(6-4-19)22(28)24-23-12-16-8-17(13-23)10-18(9-16)14-23/h7,11,16-19H,3-6,8-10,12-14H2,1-2H3,(H,24,28). The van der Waals surface area contributed by atoms with Gasteiger partial charge < -0.3 is 19.5 Å². The van der Waals surface area contributed by atoms with Crippen LogP contribution >= 0.6 is 0 Å². The number of carbonyl (C=O) groups is 1. The van der Waals surface area contributed by atoms with E-state index in [2.05, 4.69) is 5.32 Å². The van der Waals surface area contributed by atoms with Gasteiger partial charge in [0, 0.05) is 50.3 Å². The number of aryl methyl sites for hydroxylation is 1. The largest absolute Gasteiger partial charge is 0.490 e. The minimum Gasteiger partial charge on any atom is -0.490 e. The second-order valence-corrected chi connectivity index (χ2v) is 10.2. The zero-order valence-electron chi connectivity index (χ0n) is 17.7. The summed E-state index contributed by atoms with van der Waals surface area (Å²) in [5, 5.41) is 3.48. The molecule has 2 heterocycles. The van der Waals surface area contributed by atoms with Crippen LogP contribution in [0.4, 0.5) is 4.79 Å². The Bertz CT molecular complexity index is 818. The van der Waals surface area contributed by atoms with Gasteiger partial charge in [-0.1, -0.05) is 0 Å². The van der Waals surface area contributed by atoms with Crippen molar-refractivity contribution in [1.82, 2.24) is 14.8 Å². The van der Waals surface area contributed by atoms with Crippen LogP contribution in [0.15, 0.2) is 16.9 Å². The van der Waals surface area contributed by atoms with Gasteiger partial charge in [0.05, 0.1) is 0 Å². The summed E-state index contributed by atoms with van der Waals surface area (Å²) in [6, 6.07) is 3.59. The fourth-order valence-electron chi connectivity index (χ4n) is 6.74. The number of ether oxygens (including phenoxy) is 1. The fourth-order valence-corrected chi connectivity index (χ4v) is 6.74. The van der Waals surface area contributed by atoms with Crippen molar-refractivity contribution >= 4 is 6.03 Å². The van der Waals surface area contributed by atoms with Crippen LogP contribution in [0, 0.1) is 24.7 Å². The van der Waals surface area contributed by atoms with E-state index in [1.165, 1.54) is 38.5 Å². The zero-order chi connectivity index (χ0) is 20.2. The van der Waals surface area contributed by atoms with Crippen molar-refractivity contribution in [2.24, 2.45) is 24.8 Å². The molecule has 4 saturated carbocycles. The summed E-state index contributed by atoms with van der Waals surface area (Å²) in [4.78, 5) is 26.9. The van der Waals surface area contributed by atoms with Gasteiger partial charge in [-0.2, -0.15) is 0 Å². The molecule has 5 fully saturated rings. The van der Waals surface area contributed by atoms with Crippen molar-refractivity contribution in [3.8, 4) is 5.75 Å². The third kappa shape index (κ3) is 3.66. The van der Waals surface area contributed by atoms with Crippen LogP contribution in [0.1, 0.15) is 57.1 Å². The molecule has 0 radical (unpaired) electrons. The van der Waals surface area contributed by atoms with Crippen LogP contribution in [-0.2, 0) is 7.05 Å². The van der Waals surface area contributed by atoms with Crippen LogP contribution in [0.25, 0.3) is 0 Å². The molecule has 5 aliphatic rings. The number of hydrogen-bond donors (Lipinski definition) is 1. The highest BCUT2D eigenvalue weighted by molar-refractivity contribution is 5.75. The van der Waals surface area contributed by atoms with E-state index in [1.54, 1.807) is 17.7 Å². The van der Waals surface area contributed by atoms with E-state index in [-0.39, 0.29) is 23.2 Å². The number of piperidine rings is 1. The Morgan fingerprint density at radius 1 is 1.07 bits per heavy atom. The average molecular weight is 400 g/mol. The first kappa shape index (κ1) is 19.0. The third-order valence-corrected chi connectivity index (χ3v) is 7.92. The first-order valence-electron chi connectivity index (χ1n) is 11.3. The molecule has 1 saturated heterocycles. The molecule has 6 nitrogen and oxygen atoms in total. The summed E-state index contributed by atoms with van der Waals surface area (Å²) in [6.45, 7) is 3.34. The summed E-state index contributed by atoms with van der Waals surface area (Å²) in [5.74, 6) is 3.15. The average Bonchev–Trinajstić information content (AvgIpc) is 2.65. The van der Waals surface area contributed by atoms with Crippen LogP contribution in [0.2, 0.25) is 0 Å². The van der Waals surface area contributed by atoms with Gasteiger partial charge in [0.2, 0.25) is 0 Å². The first-order valence-corrected chi connectivity index (χ1v) is 11.3. The van der Waals surface area contributed by atoms with Gasteiger partial charge in [-0.05, 0) is 69.3 Å². The lowest BCUT2D eigenvalue weighted by molar-refractivity contribution is -0.0165. The van der Waals surface area contributed by atoms with Crippen molar-refractivity contribution < 1.29 is 9.53 Å². The summed E-state index contributed by atoms with van der Waals surface area (Å²) in [7, 11) is 1.77. The molecule has 4 bridgehead atoms. The van der Waals surface area contributed by atoms with Crippen LogP contribution in [0.5, 0.6) is 5.75 Å². The molecular weight excluding hydrogens is 366 g/mol. The number of nitrogens with one attached hydrogen (secondary N) is 1. The Morgan fingerprint density at radius 2 is 1.66 bits per heavy atom. The number of amides is 2. The van der Waals surface area contributed by atoms with E-state index in [0.29, 0.717) is 18.8 Å². The molecule has 6 rings (SSSR count). The van der Waals surface area contributed by atoms with Crippen molar-refractivity contribution in [2.45, 2.75) is 69.9 Å². The number of rotatable bonds is 3. The molecular formula is C23H33N3O3. The number of carbonyl (C=O) groups excluding carboxylic acids is 1. The van der Waals surface area contributed by atoms with Gasteiger partial charge >= 0.3 is 6.03 Å². The van der Waals surface area contributed by atoms with E-state index in [9.17, 15) is 9.59 Å². The van der Waals surface area contributed by atoms with Crippen molar-refractivity contribution in [3.63, 3.8) is 0 Å². The van der Waals surface area contributed by atoms with Gasteiger partial charge in [0.15, 0.2) is 0 Å². The van der Waals surface area contributed by atoms with E-state index >= 15 is 0 Å². The Labute approximate surface area is 172 Å². The summed E-state index contributed by atoms with van der Waals surface area (Å²) < 4.78 is 7.68. The highest BCUT2D eigenvalue weighted by Gasteiger charge is 2.51. The molecule has 158 valence electrons. The lowest BCUT2D eigenvalue weighted by Gasteiger charge is -2.57. The minimum absolute atomic E-state index is 0.0487. The maximum Gasteiger partial charge on any atom is 0.317 e. The molecule has 0 aromatic carbocycles. The molecule has 4 aliphatic carbocycles. The molecule has 29 heavy (non-hydrogen) atoms. The molecule has 0 unspecified atom stereocenters. The van der Waals surface area contributed by atoms with Gasteiger partial charge in [-0.3, -0.25) is 4.79 Å². The van der Waals surface area contributed by atoms with Gasteiger partial charge in [-0.25, -0.2) is 4.79 Å². The van der Waals surface area contributed by atoms with Gasteiger partial charge in [-0.15, -0.1) is 0 Å². The molecule has 0 spiro atoms. The van der Waals surface area contributed by atoms with E-state index in [0.717, 1.165) is 36.3 Å². The van der Waals surface area contributed by atoms with E-state index in [1.807, 2.05) is 17.9 Å². The summed E-state index contributed by atoms with van der Waals surface area (Å²) in [6.07, 6.45) is 9.40. The topological polar surface area (TPSA) is 63.6 Å². The Hall–Kier alpha value is -1.98. The van der Waals surface area contributed by atoms with Crippen LogP contribution < -0.4 is 15.6 Å². The van der Waals surface area contributed by atoms with Crippen molar-refractivity contribution in [1.29, 1.82) is 0 Å². The van der Waals surface area contributed by atoms with Crippen molar-refractivity contribution in [3.05, 3.63) is 28.2 Å². The Kier molecular flexibility index (Phi) is 4.63. The van der Waals surface area contributed by atoms with E-state index in [4.69, 9.17) is 4.74 Å². The monoisotopic (exact) mass is 399 g/mol. The molecule has 1 aromatic rings. The maximum absolute atomic E-state index is 13.0. The smallest absolute Gasteiger partial charge is 0.317 e. The molecule has 1 N–H and O–H groups in total. The van der Waals surface area contributed by atoms with Crippen LogP contribution in [0.3, 0.4) is 0 Å². The number of aromatic nitrogens is 1. The van der Waals surface area contributed by atoms with Gasteiger partial charge in [0.1, 0.15) is 11.9 Å². The molecule has 6 heteroatoms. The predicted octanol–water partition coefficient (Wildman–Crippen LogP) is 3.22. The SMILES string of the molecule is Cc1cc(OC2CCN(C(=O)NC34CC5CC(CC(C5)C3)C4)CC2)cc(=O)n1C. The Morgan fingerprint density at radius 3 is 2.21 bits per heavy atom. The summed E-state index contributed by atoms with van der Waals surface area (Å²) >= 11 is 0. The number of likely N-dealkylation sites (tertiary alicyclic amines) is 1. The number of nitrogens with zero attached hydrogens (tertiary/aromatic N) is 2. The zero-order valence-corrected chi connectivity index (χ0v) is 17.7. The molecule has 1 aromatic heterocycles. The lowest BCUT2D eigenvalue weighted by atomic mass is 9.53. The number of urea groups is 1. The fraction of sp³-hybridized carbons (Fsp3) is 0.739. The maximum atomic E-state index is 13.0. The molecule has 0 atom stereocenters.